The van der Waals surface area contributed by atoms with Crippen molar-refractivity contribution >= 4 is 29.2 Å². The van der Waals surface area contributed by atoms with Gasteiger partial charge in [0.05, 0.1) is 22.4 Å². The Morgan fingerprint density at radius 1 is 1.45 bits per heavy atom. The lowest BCUT2D eigenvalue weighted by molar-refractivity contribution is -0.208. The Labute approximate surface area is 179 Å². The van der Waals surface area contributed by atoms with Crippen molar-refractivity contribution in [1.29, 1.82) is 0 Å². The molecule has 1 amide bonds. The first kappa shape index (κ1) is 22.8. The average Bonchev–Trinajstić information content (AvgIpc) is 3.04. The third-order valence-corrected chi connectivity index (χ3v) is 4.95. The molecule has 1 aliphatic heterocycles. The number of nitrogens with one attached hydrogen (secondary N) is 1. The molecule has 0 radical (unpaired) electrons. The number of carbonyl (C=O) groups excluding carboxylic acids is 1. The molecule has 1 aliphatic rings. The Kier molecular flexibility index (Phi) is 5.87. The normalized spacial score (nSPS) is 21.6. The SMILES string of the molecule is CC(C)n1cc(Cl)c(C(=O)Nc2cnc(F)c([C@@]3(C)C[C@@H](C(F)(F)F)OC(N)=N3)c2)n1. The standard InChI is InChI=1S/C18H19ClF4N6O2/c1-8(2)29-7-11(19)13(28-29)15(30)26-9-4-10(14(20)25-6-9)17(3)5-12(18(21,22)23)31-16(24)27-17/h4,6-8,12H,5H2,1-3H3,(H2,24,27)(H,26,30)/t12-,17+/m0/s1. The minimum absolute atomic E-state index is 0.0154. The predicted molar refractivity (Wildman–Crippen MR) is 104 cm³/mol. The molecule has 31 heavy (non-hydrogen) atoms. The highest BCUT2D eigenvalue weighted by atomic mass is 35.5. The Balaban J connectivity index is 1.92. The van der Waals surface area contributed by atoms with E-state index >= 15 is 0 Å². The van der Waals surface area contributed by atoms with Gasteiger partial charge in [-0.25, -0.2) is 9.98 Å². The van der Waals surface area contributed by atoms with Crippen molar-refractivity contribution in [2.75, 3.05) is 5.32 Å². The molecule has 13 heteroatoms. The van der Waals surface area contributed by atoms with Crippen LogP contribution < -0.4 is 11.1 Å². The molecule has 0 saturated carbocycles. The summed E-state index contributed by atoms with van der Waals surface area (Å²) in [5.41, 5.74) is 3.34. The zero-order valence-corrected chi connectivity index (χ0v) is 17.4. The second-order valence-corrected chi connectivity index (χ2v) is 7.90. The van der Waals surface area contributed by atoms with E-state index in [9.17, 15) is 22.4 Å². The number of nitrogens with zero attached hydrogens (tertiary/aromatic N) is 4. The molecular weight excluding hydrogens is 444 g/mol. The van der Waals surface area contributed by atoms with Gasteiger partial charge in [-0.2, -0.15) is 22.7 Å². The lowest BCUT2D eigenvalue weighted by Crippen LogP contribution is -2.46. The lowest BCUT2D eigenvalue weighted by Gasteiger charge is -2.35. The van der Waals surface area contributed by atoms with Gasteiger partial charge in [-0.05, 0) is 26.8 Å². The average molecular weight is 463 g/mol. The van der Waals surface area contributed by atoms with Crippen molar-refractivity contribution < 1.29 is 27.1 Å². The van der Waals surface area contributed by atoms with E-state index in [1.54, 1.807) is 0 Å². The van der Waals surface area contributed by atoms with Crippen LogP contribution in [0, 0.1) is 5.95 Å². The summed E-state index contributed by atoms with van der Waals surface area (Å²) in [7, 11) is 0. The summed E-state index contributed by atoms with van der Waals surface area (Å²) in [6.07, 6.45) is -5.23. The van der Waals surface area contributed by atoms with Crippen molar-refractivity contribution in [1.82, 2.24) is 14.8 Å². The number of alkyl halides is 3. The summed E-state index contributed by atoms with van der Waals surface area (Å²) in [5.74, 6) is -1.75. The molecule has 0 aromatic carbocycles. The first-order valence-electron chi connectivity index (χ1n) is 9.11. The number of aliphatic imine (C=N–C) groups is 1. The topological polar surface area (TPSA) is 107 Å². The van der Waals surface area contributed by atoms with Gasteiger partial charge in [0.1, 0.15) is 0 Å². The maximum absolute atomic E-state index is 14.5. The van der Waals surface area contributed by atoms with E-state index in [1.165, 1.54) is 17.8 Å². The van der Waals surface area contributed by atoms with E-state index in [-0.39, 0.29) is 28.0 Å². The smallest absolute Gasteiger partial charge is 0.425 e. The summed E-state index contributed by atoms with van der Waals surface area (Å²) in [4.78, 5) is 20.0. The molecule has 3 rings (SSSR count). The molecule has 2 atom stereocenters. The van der Waals surface area contributed by atoms with Crippen molar-refractivity contribution in [3.8, 4) is 0 Å². The van der Waals surface area contributed by atoms with Crippen LogP contribution in [-0.4, -0.2) is 39.0 Å². The highest BCUT2D eigenvalue weighted by Gasteiger charge is 2.50. The number of hydrogen-bond acceptors (Lipinski definition) is 6. The number of halogens is 5. The van der Waals surface area contributed by atoms with E-state index in [2.05, 4.69) is 25.1 Å². The van der Waals surface area contributed by atoms with Crippen LogP contribution in [-0.2, 0) is 10.3 Å². The van der Waals surface area contributed by atoms with Crippen LogP contribution >= 0.6 is 11.6 Å². The van der Waals surface area contributed by atoms with Crippen LogP contribution in [0.25, 0.3) is 0 Å². The monoisotopic (exact) mass is 462 g/mol. The molecule has 3 N–H and O–H groups in total. The molecular formula is C18H19ClF4N6O2. The summed E-state index contributed by atoms with van der Waals surface area (Å²) < 4.78 is 60.1. The maximum atomic E-state index is 14.5. The maximum Gasteiger partial charge on any atom is 0.425 e. The van der Waals surface area contributed by atoms with Gasteiger partial charge in [-0.15, -0.1) is 0 Å². The second kappa shape index (κ2) is 7.98. The number of hydrogen-bond donors (Lipinski definition) is 2. The molecule has 2 aromatic rings. The third kappa shape index (κ3) is 4.73. The van der Waals surface area contributed by atoms with Gasteiger partial charge in [0.2, 0.25) is 5.95 Å². The molecule has 0 fully saturated rings. The van der Waals surface area contributed by atoms with Crippen LogP contribution in [0.1, 0.15) is 49.3 Å². The Bertz CT molecular complexity index is 1040. The fourth-order valence-electron chi connectivity index (χ4n) is 3.09. The molecule has 0 bridgehead atoms. The Morgan fingerprint density at radius 3 is 2.71 bits per heavy atom. The fourth-order valence-corrected chi connectivity index (χ4v) is 3.31. The molecule has 0 unspecified atom stereocenters. The number of nitrogens with two attached hydrogens (primary N) is 1. The molecule has 168 valence electrons. The molecule has 0 saturated heterocycles. The van der Waals surface area contributed by atoms with E-state index in [0.29, 0.717) is 0 Å². The van der Waals surface area contributed by atoms with Crippen LogP contribution in [0.4, 0.5) is 23.2 Å². The van der Waals surface area contributed by atoms with Gasteiger partial charge in [0, 0.05) is 24.2 Å². The molecule has 3 heterocycles. The summed E-state index contributed by atoms with van der Waals surface area (Å²) in [6.45, 7) is 4.96. The Hall–Kier alpha value is -2.89. The quantitative estimate of drug-likeness (QED) is 0.531. The largest absolute Gasteiger partial charge is 0.452 e. The van der Waals surface area contributed by atoms with Gasteiger partial charge < -0.3 is 15.8 Å². The second-order valence-electron chi connectivity index (χ2n) is 7.49. The van der Waals surface area contributed by atoms with Crippen molar-refractivity contribution in [2.45, 2.75) is 51.1 Å². The van der Waals surface area contributed by atoms with Crippen molar-refractivity contribution in [2.24, 2.45) is 10.7 Å². The fraction of sp³-hybridized carbons (Fsp3) is 0.444. The van der Waals surface area contributed by atoms with Crippen LogP contribution in [0.5, 0.6) is 0 Å². The zero-order chi connectivity index (χ0) is 23.1. The van der Waals surface area contributed by atoms with E-state index < -0.39 is 42.1 Å². The van der Waals surface area contributed by atoms with E-state index in [4.69, 9.17) is 17.3 Å². The highest BCUT2D eigenvalue weighted by Crippen LogP contribution is 2.41. The number of carbonyl (C=O) groups is 1. The number of amidine groups is 1. The Morgan fingerprint density at radius 2 is 2.13 bits per heavy atom. The first-order chi connectivity index (χ1) is 14.3. The summed E-state index contributed by atoms with van der Waals surface area (Å²) >= 11 is 6.05. The zero-order valence-electron chi connectivity index (χ0n) is 16.7. The molecule has 2 aromatic heterocycles. The van der Waals surface area contributed by atoms with Gasteiger partial charge in [-0.1, -0.05) is 11.6 Å². The van der Waals surface area contributed by atoms with Crippen LogP contribution in [0.3, 0.4) is 0 Å². The molecule has 0 spiro atoms. The number of ether oxygens (including phenoxy) is 1. The summed E-state index contributed by atoms with van der Waals surface area (Å²) in [5, 5.41) is 6.66. The number of anilines is 1. The van der Waals surface area contributed by atoms with Gasteiger partial charge in [0.15, 0.2) is 11.8 Å². The highest BCUT2D eigenvalue weighted by molar-refractivity contribution is 6.34. The number of amides is 1. The molecule has 0 aliphatic carbocycles. The lowest BCUT2D eigenvalue weighted by atomic mass is 9.86. The van der Waals surface area contributed by atoms with Gasteiger partial charge >= 0.3 is 6.18 Å². The van der Waals surface area contributed by atoms with E-state index in [1.807, 2.05) is 13.8 Å². The van der Waals surface area contributed by atoms with Crippen molar-refractivity contribution in [3.63, 3.8) is 0 Å². The first-order valence-corrected chi connectivity index (χ1v) is 9.48. The number of aromatic nitrogens is 3. The number of rotatable bonds is 4. The van der Waals surface area contributed by atoms with Gasteiger partial charge in [0.25, 0.3) is 11.9 Å². The predicted octanol–water partition coefficient (Wildman–Crippen LogP) is 3.78. The minimum atomic E-state index is -4.73. The van der Waals surface area contributed by atoms with Crippen molar-refractivity contribution in [3.05, 3.63) is 40.7 Å². The number of pyridine rings is 1. The van der Waals surface area contributed by atoms with Crippen LogP contribution in [0.15, 0.2) is 23.5 Å². The minimum Gasteiger partial charge on any atom is -0.452 e. The summed E-state index contributed by atoms with van der Waals surface area (Å²) in [6, 6.07) is 0.371. The van der Waals surface area contributed by atoms with Crippen LogP contribution in [0.2, 0.25) is 5.02 Å². The van der Waals surface area contributed by atoms with E-state index in [0.717, 1.165) is 12.3 Å². The molecule has 8 nitrogen and oxygen atoms in total. The third-order valence-electron chi connectivity index (χ3n) is 4.68. The van der Waals surface area contributed by atoms with Gasteiger partial charge in [-0.3, -0.25) is 9.48 Å².